The van der Waals surface area contributed by atoms with Crippen LogP contribution in [0.1, 0.15) is 42.2 Å². The van der Waals surface area contributed by atoms with Crippen LogP contribution in [0.4, 0.5) is 0 Å². The third-order valence-electron chi connectivity index (χ3n) is 4.10. The van der Waals surface area contributed by atoms with Crippen molar-refractivity contribution in [3.63, 3.8) is 0 Å². The quantitative estimate of drug-likeness (QED) is 0.654. The molecule has 1 N–H and O–H groups in total. The van der Waals surface area contributed by atoms with E-state index in [1.165, 1.54) is 32.4 Å². The van der Waals surface area contributed by atoms with Gasteiger partial charge in [-0.1, -0.05) is 6.07 Å². The van der Waals surface area contributed by atoms with Crippen molar-refractivity contribution >= 4 is 22.1 Å². The predicted octanol–water partition coefficient (Wildman–Crippen LogP) is 1.63. The summed E-state index contributed by atoms with van der Waals surface area (Å²) in [6, 6.07) is 4.04. The molecule has 2 unspecified atom stereocenters. The van der Waals surface area contributed by atoms with Gasteiger partial charge in [0, 0.05) is 0 Å². The maximum Gasteiger partial charge on any atom is 0.313 e. The first kappa shape index (κ1) is 17.4. The third kappa shape index (κ3) is 3.70. The molecule has 0 fully saturated rings. The Morgan fingerprint density at radius 2 is 1.87 bits per heavy atom. The number of hydrogen-bond donors (Lipinski definition) is 1. The zero-order valence-corrected chi connectivity index (χ0v) is 13.6. The molecule has 7 nitrogen and oxygen atoms in total. The first-order chi connectivity index (χ1) is 10.8. The Bertz CT molecular complexity index is 723. The fourth-order valence-electron chi connectivity index (χ4n) is 2.95. The molecule has 126 valence electrons. The van der Waals surface area contributed by atoms with Gasteiger partial charge in [0.1, 0.15) is 0 Å². The number of esters is 2. The summed E-state index contributed by atoms with van der Waals surface area (Å²) in [5, 5.41) is 0. The van der Waals surface area contributed by atoms with Crippen molar-refractivity contribution in [3.8, 4) is 0 Å². The molecule has 2 atom stereocenters. The van der Waals surface area contributed by atoms with Crippen LogP contribution < -0.4 is 0 Å². The molecule has 0 amide bonds. The molecule has 0 bridgehead atoms. The summed E-state index contributed by atoms with van der Waals surface area (Å²) in [6.45, 7) is 0. The van der Waals surface area contributed by atoms with Crippen LogP contribution in [0.25, 0.3) is 0 Å². The van der Waals surface area contributed by atoms with E-state index in [-0.39, 0.29) is 17.2 Å². The summed E-state index contributed by atoms with van der Waals surface area (Å²) in [5.74, 6) is -1.63. The summed E-state index contributed by atoms with van der Waals surface area (Å²) in [7, 11) is -1.81. The third-order valence-corrected chi connectivity index (χ3v) is 4.95. The molecule has 1 aromatic rings. The van der Waals surface area contributed by atoms with E-state index in [4.69, 9.17) is 4.74 Å². The highest BCUT2D eigenvalue weighted by molar-refractivity contribution is 7.85. The molecule has 0 aliphatic heterocycles. The minimum Gasteiger partial charge on any atom is -0.469 e. The first-order valence-electron chi connectivity index (χ1n) is 7.04. The average Bonchev–Trinajstić information content (AvgIpc) is 2.52. The Morgan fingerprint density at radius 3 is 2.43 bits per heavy atom. The van der Waals surface area contributed by atoms with Gasteiger partial charge in [-0.3, -0.25) is 14.1 Å². The van der Waals surface area contributed by atoms with Gasteiger partial charge in [-0.25, -0.2) is 0 Å². The van der Waals surface area contributed by atoms with Crippen molar-refractivity contribution in [2.75, 3.05) is 14.2 Å². The second kappa shape index (κ2) is 6.67. The molecule has 2 rings (SSSR count). The smallest absolute Gasteiger partial charge is 0.313 e. The predicted molar refractivity (Wildman–Crippen MR) is 79.6 cm³/mol. The molecule has 0 spiro atoms. The second-order valence-corrected chi connectivity index (χ2v) is 6.82. The Balaban J connectivity index is 2.51. The van der Waals surface area contributed by atoms with E-state index in [1.54, 1.807) is 0 Å². The minimum absolute atomic E-state index is 0.0757. The number of carbonyl (C=O) groups is 2. The normalized spacial score (nSPS) is 20.5. The molecule has 0 aromatic heterocycles. The molecule has 0 saturated heterocycles. The van der Waals surface area contributed by atoms with E-state index in [0.29, 0.717) is 24.0 Å². The lowest BCUT2D eigenvalue weighted by atomic mass is 9.75. The van der Waals surface area contributed by atoms with Gasteiger partial charge in [-0.15, -0.1) is 0 Å². The summed E-state index contributed by atoms with van der Waals surface area (Å²) in [5.41, 5.74) is 1.16. The topological polar surface area (TPSA) is 107 Å². The maximum absolute atomic E-state index is 11.9. The zero-order chi connectivity index (χ0) is 17.2. The number of benzene rings is 1. The highest BCUT2D eigenvalue weighted by atomic mass is 32.2. The summed E-state index contributed by atoms with van der Waals surface area (Å²) in [6.07, 6.45) is 1.08. The molecule has 23 heavy (non-hydrogen) atoms. The first-order valence-corrected chi connectivity index (χ1v) is 8.48. The van der Waals surface area contributed by atoms with Gasteiger partial charge in [-0.2, -0.15) is 8.42 Å². The van der Waals surface area contributed by atoms with Gasteiger partial charge in [0.05, 0.1) is 31.5 Å². The van der Waals surface area contributed by atoms with Gasteiger partial charge >= 0.3 is 11.9 Å². The van der Waals surface area contributed by atoms with Gasteiger partial charge in [0.15, 0.2) is 0 Å². The van der Waals surface area contributed by atoms with Crippen LogP contribution in [0.5, 0.6) is 0 Å². The number of methoxy groups -OCH3 is 2. The van der Waals surface area contributed by atoms with Gasteiger partial charge < -0.3 is 9.47 Å². The van der Waals surface area contributed by atoms with Crippen molar-refractivity contribution in [2.45, 2.75) is 36.0 Å². The van der Waals surface area contributed by atoms with E-state index in [2.05, 4.69) is 4.74 Å². The second-order valence-electron chi connectivity index (χ2n) is 5.40. The largest absolute Gasteiger partial charge is 0.469 e. The fraction of sp³-hybridized carbons (Fsp3) is 0.467. The van der Waals surface area contributed by atoms with Gasteiger partial charge in [-0.05, 0) is 42.0 Å². The van der Waals surface area contributed by atoms with Crippen LogP contribution in [0.15, 0.2) is 23.1 Å². The highest BCUT2D eigenvalue weighted by Gasteiger charge is 2.34. The number of ether oxygens (including phenoxy) is 2. The summed E-state index contributed by atoms with van der Waals surface area (Å²) >= 11 is 0. The minimum atomic E-state index is -4.37. The highest BCUT2D eigenvalue weighted by Crippen LogP contribution is 2.42. The van der Waals surface area contributed by atoms with E-state index < -0.39 is 28.0 Å². The molecule has 1 aliphatic rings. The van der Waals surface area contributed by atoms with Gasteiger partial charge in [0.25, 0.3) is 10.1 Å². The molecule has 0 saturated carbocycles. The lowest BCUT2D eigenvalue weighted by molar-refractivity contribution is -0.142. The molecular formula is C15H18O7S. The summed E-state index contributed by atoms with van der Waals surface area (Å²) < 4.78 is 41.4. The lowest BCUT2D eigenvalue weighted by Crippen LogP contribution is -2.24. The number of fused-ring (bicyclic) bond motifs is 1. The molecule has 0 radical (unpaired) electrons. The Morgan fingerprint density at radius 1 is 1.17 bits per heavy atom. The van der Waals surface area contributed by atoms with Crippen LogP contribution in [0.3, 0.4) is 0 Å². The Labute approximate surface area is 134 Å². The number of rotatable bonds is 4. The SMILES string of the molecule is COC(=O)CC1CCC(C(=O)OC)c2ccc(S(=O)(=O)O)cc21. The van der Waals surface area contributed by atoms with Crippen LogP contribution in [0.2, 0.25) is 0 Å². The lowest BCUT2D eigenvalue weighted by Gasteiger charge is -2.30. The monoisotopic (exact) mass is 342 g/mol. The molecule has 8 heteroatoms. The standard InChI is InChI=1S/C15H18O7S/c1-21-14(16)7-9-3-5-12(15(17)22-2)11-6-4-10(8-13(9)11)23(18,19)20/h4,6,8-9,12H,3,5,7H2,1-2H3,(H,18,19,20). The van der Waals surface area contributed by atoms with Crippen LogP contribution >= 0.6 is 0 Å². The molecular weight excluding hydrogens is 324 g/mol. The van der Waals surface area contributed by atoms with Crippen molar-refractivity contribution < 1.29 is 32.0 Å². The Kier molecular flexibility index (Phi) is 5.06. The van der Waals surface area contributed by atoms with E-state index >= 15 is 0 Å². The molecule has 1 aromatic carbocycles. The van der Waals surface area contributed by atoms with E-state index in [0.717, 1.165) is 0 Å². The fourth-order valence-corrected chi connectivity index (χ4v) is 3.46. The molecule has 1 aliphatic carbocycles. The van der Waals surface area contributed by atoms with Crippen molar-refractivity contribution in [1.82, 2.24) is 0 Å². The van der Waals surface area contributed by atoms with Crippen molar-refractivity contribution in [2.24, 2.45) is 0 Å². The average molecular weight is 342 g/mol. The van der Waals surface area contributed by atoms with Gasteiger partial charge in [0.2, 0.25) is 0 Å². The van der Waals surface area contributed by atoms with E-state index in [9.17, 15) is 22.6 Å². The van der Waals surface area contributed by atoms with Crippen molar-refractivity contribution in [1.29, 1.82) is 0 Å². The summed E-state index contributed by atoms with van der Waals surface area (Å²) in [4.78, 5) is 23.2. The van der Waals surface area contributed by atoms with Crippen LogP contribution in [0, 0.1) is 0 Å². The Hall–Kier alpha value is -1.93. The number of carbonyl (C=O) groups excluding carboxylic acids is 2. The van der Waals surface area contributed by atoms with Crippen LogP contribution in [-0.2, 0) is 29.2 Å². The molecule has 0 heterocycles. The zero-order valence-electron chi connectivity index (χ0n) is 12.8. The van der Waals surface area contributed by atoms with E-state index in [1.807, 2.05) is 0 Å². The van der Waals surface area contributed by atoms with Crippen LogP contribution in [-0.4, -0.2) is 39.1 Å². The number of hydrogen-bond acceptors (Lipinski definition) is 6. The maximum atomic E-state index is 11.9. The van der Waals surface area contributed by atoms with Crippen molar-refractivity contribution in [3.05, 3.63) is 29.3 Å².